The molecule has 5 heteroatoms. The molecule has 0 fully saturated rings. The maximum absolute atomic E-state index is 12.9. The van der Waals surface area contributed by atoms with E-state index in [-0.39, 0.29) is 12.0 Å². The van der Waals surface area contributed by atoms with Crippen molar-refractivity contribution >= 4 is 16.9 Å². The van der Waals surface area contributed by atoms with E-state index in [9.17, 15) is 14.7 Å². The molecule has 0 amide bonds. The Labute approximate surface area is 145 Å². The average Bonchev–Trinajstić information content (AvgIpc) is 2.59. The van der Waals surface area contributed by atoms with Gasteiger partial charge in [-0.25, -0.2) is 0 Å². The number of aliphatic carboxylic acids is 1. The number of aromatic nitrogens is 1. The number of pyridine rings is 1. The molecule has 0 saturated carbocycles. The third-order valence-electron chi connectivity index (χ3n) is 4.17. The van der Waals surface area contributed by atoms with Gasteiger partial charge in [-0.3, -0.25) is 9.59 Å². The smallest absolute Gasteiger partial charge is 0.323 e. The lowest BCUT2D eigenvalue weighted by molar-refractivity contribution is -0.137. The van der Waals surface area contributed by atoms with Crippen molar-refractivity contribution in [2.45, 2.75) is 19.9 Å². The van der Waals surface area contributed by atoms with Crippen LogP contribution in [-0.4, -0.2) is 22.8 Å². The second-order valence-corrected chi connectivity index (χ2v) is 6.05. The van der Waals surface area contributed by atoms with Gasteiger partial charge in [0.05, 0.1) is 12.6 Å². The highest BCUT2D eigenvalue weighted by atomic mass is 16.5. The minimum absolute atomic E-state index is 0.0591. The number of hydrogen-bond donors (Lipinski definition) is 1. The van der Waals surface area contributed by atoms with Crippen LogP contribution in [0.4, 0.5) is 0 Å². The molecule has 25 heavy (non-hydrogen) atoms. The van der Waals surface area contributed by atoms with Gasteiger partial charge in [-0.2, -0.15) is 0 Å². The fourth-order valence-corrected chi connectivity index (χ4v) is 2.94. The summed E-state index contributed by atoms with van der Waals surface area (Å²) >= 11 is 0. The van der Waals surface area contributed by atoms with Crippen LogP contribution in [0.25, 0.3) is 10.9 Å². The third kappa shape index (κ3) is 3.55. The van der Waals surface area contributed by atoms with E-state index in [1.807, 2.05) is 43.3 Å². The fourth-order valence-electron chi connectivity index (χ4n) is 2.94. The lowest BCUT2D eigenvalue weighted by Gasteiger charge is -2.12. The predicted molar refractivity (Wildman–Crippen MR) is 96.4 cm³/mol. The zero-order chi connectivity index (χ0) is 18.0. The molecule has 1 aromatic heterocycles. The van der Waals surface area contributed by atoms with Gasteiger partial charge in [-0.05, 0) is 36.8 Å². The van der Waals surface area contributed by atoms with E-state index in [1.165, 1.54) is 0 Å². The van der Waals surface area contributed by atoms with Crippen molar-refractivity contribution in [1.82, 2.24) is 4.57 Å². The highest BCUT2D eigenvalue weighted by Gasteiger charge is 2.12. The number of carboxylic acids is 1. The van der Waals surface area contributed by atoms with Crippen LogP contribution in [0.15, 0.2) is 53.5 Å². The Kier molecular flexibility index (Phi) is 4.57. The summed E-state index contributed by atoms with van der Waals surface area (Å²) < 4.78 is 6.77. The Morgan fingerprint density at radius 1 is 1.16 bits per heavy atom. The Bertz CT molecular complexity index is 987. The van der Waals surface area contributed by atoms with E-state index < -0.39 is 5.97 Å². The molecular formula is C20H19NO4. The highest BCUT2D eigenvalue weighted by molar-refractivity contribution is 5.82. The SMILES string of the molecule is COc1ccc(Cc2cn(CC(=O)O)c3ccc(C)cc3c2=O)cc1. The van der Waals surface area contributed by atoms with E-state index in [2.05, 4.69) is 0 Å². The summed E-state index contributed by atoms with van der Waals surface area (Å²) in [5, 5.41) is 9.72. The van der Waals surface area contributed by atoms with Crippen LogP contribution in [0.3, 0.4) is 0 Å². The molecular weight excluding hydrogens is 318 g/mol. The standard InChI is InChI=1S/C20H19NO4/c1-13-3-8-18-17(9-13)20(24)15(11-21(18)12-19(22)23)10-14-4-6-16(25-2)7-5-14/h3-9,11H,10,12H2,1-2H3,(H,22,23). The quantitative estimate of drug-likeness (QED) is 0.777. The first-order chi connectivity index (χ1) is 12.0. The van der Waals surface area contributed by atoms with E-state index >= 15 is 0 Å². The fraction of sp³-hybridized carbons (Fsp3) is 0.200. The van der Waals surface area contributed by atoms with Crippen LogP contribution in [0, 0.1) is 6.92 Å². The zero-order valence-corrected chi connectivity index (χ0v) is 14.2. The molecule has 128 valence electrons. The lowest BCUT2D eigenvalue weighted by atomic mass is 10.0. The van der Waals surface area contributed by atoms with Gasteiger partial charge in [-0.15, -0.1) is 0 Å². The monoisotopic (exact) mass is 337 g/mol. The summed E-state index contributed by atoms with van der Waals surface area (Å²) in [6.45, 7) is 1.73. The number of nitrogens with zero attached hydrogens (tertiary/aromatic N) is 1. The van der Waals surface area contributed by atoms with Crippen LogP contribution in [0.1, 0.15) is 16.7 Å². The molecule has 0 radical (unpaired) electrons. The molecule has 1 heterocycles. The first-order valence-electron chi connectivity index (χ1n) is 7.95. The number of methoxy groups -OCH3 is 1. The molecule has 0 aliphatic carbocycles. The minimum Gasteiger partial charge on any atom is -0.497 e. The molecule has 0 aliphatic heterocycles. The molecule has 0 atom stereocenters. The summed E-state index contributed by atoms with van der Waals surface area (Å²) in [5.74, 6) is -0.193. The molecule has 0 unspecified atom stereocenters. The molecule has 0 saturated heterocycles. The molecule has 1 N–H and O–H groups in total. The Balaban J connectivity index is 2.11. The number of carbonyl (C=O) groups is 1. The third-order valence-corrected chi connectivity index (χ3v) is 4.17. The summed E-state index contributed by atoms with van der Waals surface area (Å²) in [7, 11) is 1.60. The number of benzene rings is 2. The molecule has 0 bridgehead atoms. The molecule has 0 aliphatic rings. The van der Waals surface area contributed by atoms with Gasteiger partial charge in [0, 0.05) is 23.6 Å². The van der Waals surface area contributed by atoms with Gasteiger partial charge in [0.25, 0.3) is 0 Å². The van der Waals surface area contributed by atoms with Gasteiger partial charge >= 0.3 is 5.97 Å². The van der Waals surface area contributed by atoms with Gasteiger partial charge < -0.3 is 14.4 Å². The van der Waals surface area contributed by atoms with E-state index in [0.717, 1.165) is 16.9 Å². The number of rotatable bonds is 5. The zero-order valence-electron chi connectivity index (χ0n) is 14.2. The average molecular weight is 337 g/mol. The molecule has 2 aromatic carbocycles. The molecule has 3 aromatic rings. The van der Waals surface area contributed by atoms with Crippen molar-refractivity contribution in [2.75, 3.05) is 7.11 Å². The van der Waals surface area contributed by atoms with Gasteiger partial charge in [0.2, 0.25) is 0 Å². The van der Waals surface area contributed by atoms with Gasteiger partial charge in [0.15, 0.2) is 5.43 Å². The van der Waals surface area contributed by atoms with Crippen molar-refractivity contribution in [1.29, 1.82) is 0 Å². The minimum atomic E-state index is -0.944. The Morgan fingerprint density at radius 2 is 1.88 bits per heavy atom. The van der Waals surface area contributed by atoms with Gasteiger partial charge in [0.1, 0.15) is 12.3 Å². The second-order valence-electron chi connectivity index (χ2n) is 6.05. The van der Waals surface area contributed by atoms with Crippen molar-refractivity contribution in [2.24, 2.45) is 0 Å². The maximum Gasteiger partial charge on any atom is 0.323 e. The molecule has 3 rings (SSSR count). The van der Waals surface area contributed by atoms with Crippen LogP contribution in [-0.2, 0) is 17.8 Å². The summed E-state index contributed by atoms with van der Waals surface area (Å²) in [6.07, 6.45) is 2.09. The van der Waals surface area contributed by atoms with Crippen molar-refractivity contribution in [3.05, 3.63) is 75.6 Å². The largest absolute Gasteiger partial charge is 0.497 e. The number of carboxylic acid groups (broad SMARTS) is 1. The second kappa shape index (κ2) is 6.81. The van der Waals surface area contributed by atoms with Crippen LogP contribution in [0.2, 0.25) is 0 Å². The number of fused-ring (bicyclic) bond motifs is 1. The molecule has 5 nitrogen and oxygen atoms in total. The van der Waals surface area contributed by atoms with Crippen LogP contribution in [0.5, 0.6) is 5.75 Å². The first kappa shape index (κ1) is 16.8. The summed E-state index contributed by atoms with van der Waals surface area (Å²) in [5.41, 5.74) is 3.08. The first-order valence-corrected chi connectivity index (χ1v) is 7.95. The highest BCUT2D eigenvalue weighted by Crippen LogP contribution is 2.17. The Morgan fingerprint density at radius 3 is 2.52 bits per heavy atom. The topological polar surface area (TPSA) is 68.5 Å². The van der Waals surface area contributed by atoms with E-state index in [1.54, 1.807) is 23.9 Å². The number of ether oxygens (including phenoxy) is 1. The van der Waals surface area contributed by atoms with Crippen molar-refractivity contribution in [3.63, 3.8) is 0 Å². The summed E-state index contributed by atoms with van der Waals surface area (Å²) in [4.78, 5) is 24.1. The van der Waals surface area contributed by atoms with Crippen molar-refractivity contribution < 1.29 is 14.6 Å². The normalized spacial score (nSPS) is 10.8. The lowest BCUT2D eigenvalue weighted by Crippen LogP contribution is -2.18. The van der Waals surface area contributed by atoms with E-state index in [0.29, 0.717) is 22.9 Å². The van der Waals surface area contributed by atoms with Crippen molar-refractivity contribution in [3.8, 4) is 5.75 Å². The van der Waals surface area contributed by atoms with Crippen LogP contribution < -0.4 is 10.2 Å². The number of hydrogen-bond acceptors (Lipinski definition) is 3. The summed E-state index contributed by atoms with van der Waals surface area (Å²) in [6, 6.07) is 13.0. The van der Waals surface area contributed by atoms with Crippen LogP contribution >= 0.6 is 0 Å². The maximum atomic E-state index is 12.9. The van der Waals surface area contributed by atoms with Gasteiger partial charge in [-0.1, -0.05) is 23.8 Å². The predicted octanol–water partition coefficient (Wildman–Crippen LogP) is 2.99. The molecule has 0 spiro atoms. The van der Waals surface area contributed by atoms with E-state index in [4.69, 9.17) is 4.74 Å². The Hall–Kier alpha value is -3.08. The number of aryl methyl sites for hydroxylation is 1.